The van der Waals surface area contributed by atoms with E-state index in [1.807, 2.05) is 0 Å². The molecule has 106 valence electrons. The molecule has 0 aliphatic carbocycles. The highest BCUT2D eigenvalue weighted by atomic mass is 79.9. The second kappa shape index (κ2) is 5.68. The summed E-state index contributed by atoms with van der Waals surface area (Å²) in [7, 11) is -3.91. The third-order valence-electron chi connectivity index (χ3n) is 2.15. The van der Waals surface area contributed by atoms with Gasteiger partial charge >= 0.3 is 5.97 Å². The number of carboxylic acids is 1. The van der Waals surface area contributed by atoms with E-state index in [-0.39, 0.29) is 20.6 Å². The van der Waals surface area contributed by atoms with Crippen LogP contribution in [0.25, 0.3) is 0 Å². The summed E-state index contributed by atoms with van der Waals surface area (Å²) >= 11 is 9.77. The minimum Gasteiger partial charge on any atom is -0.477 e. The number of hydrogen-bond acceptors (Lipinski definition) is 5. The molecule has 0 saturated heterocycles. The van der Waals surface area contributed by atoms with Crippen LogP contribution in [0.4, 0.5) is 5.69 Å². The fourth-order valence-electron chi connectivity index (χ4n) is 1.27. The largest absolute Gasteiger partial charge is 0.477 e. The standard InChI is InChI=1S/C10H6BrClN2O4S2/c11-5-1-7(9(12)13-3-5)14-20(17,18)6-2-8(10(15)16)19-4-6/h1-4,14H,(H,15,16). The van der Waals surface area contributed by atoms with Gasteiger partial charge in [0.1, 0.15) is 4.88 Å². The Hall–Kier alpha value is -1.16. The van der Waals surface area contributed by atoms with Gasteiger partial charge in [0, 0.05) is 16.0 Å². The molecule has 0 atom stereocenters. The average Bonchev–Trinajstić information content (AvgIpc) is 2.84. The van der Waals surface area contributed by atoms with Crippen LogP contribution in [0, 0.1) is 0 Å². The molecule has 0 saturated carbocycles. The maximum atomic E-state index is 12.1. The number of rotatable bonds is 4. The first-order valence-electron chi connectivity index (χ1n) is 4.95. The summed E-state index contributed by atoms with van der Waals surface area (Å²) in [4.78, 5) is 14.3. The Morgan fingerprint density at radius 1 is 1.45 bits per heavy atom. The number of pyridine rings is 1. The zero-order valence-corrected chi connectivity index (χ0v) is 13.5. The molecule has 20 heavy (non-hydrogen) atoms. The zero-order valence-electron chi connectivity index (χ0n) is 9.50. The molecule has 6 nitrogen and oxygen atoms in total. The van der Waals surface area contributed by atoms with Crippen molar-refractivity contribution in [3.8, 4) is 0 Å². The van der Waals surface area contributed by atoms with Crippen LogP contribution in [0.15, 0.2) is 33.1 Å². The van der Waals surface area contributed by atoms with Gasteiger partial charge in [0.25, 0.3) is 10.0 Å². The summed E-state index contributed by atoms with van der Waals surface area (Å²) < 4.78 is 27.0. The van der Waals surface area contributed by atoms with Crippen molar-refractivity contribution in [2.45, 2.75) is 4.90 Å². The number of aromatic carboxylic acids is 1. The van der Waals surface area contributed by atoms with Gasteiger partial charge in [-0.25, -0.2) is 18.2 Å². The number of carbonyl (C=O) groups is 1. The summed E-state index contributed by atoms with van der Waals surface area (Å²) in [6.07, 6.45) is 1.42. The Morgan fingerprint density at radius 2 is 2.15 bits per heavy atom. The van der Waals surface area contributed by atoms with Gasteiger partial charge in [-0.2, -0.15) is 0 Å². The molecule has 0 unspecified atom stereocenters. The van der Waals surface area contributed by atoms with Gasteiger partial charge in [-0.15, -0.1) is 11.3 Å². The van der Waals surface area contributed by atoms with Crippen LogP contribution in [0.2, 0.25) is 5.15 Å². The fourth-order valence-corrected chi connectivity index (χ4v) is 3.98. The van der Waals surface area contributed by atoms with Crippen molar-refractivity contribution in [2.24, 2.45) is 0 Å². The van der Waals surface area contributed by atoms with Crippen molar-refractivity contribution in [1.82, 2.24) is 4.98 Å². The molecule has 10 heteroatoms. The lowest BCUT2D eigenvalue weighted by atomic mass is 10.4. The lowest BCUT2D eigenvalue weighted by Crippen LogP contribution is -2.13. The molecule has 0 aromatic carbocycles. The average molecular weight is 398 g/mol. The van der Waals surface area contributed by atoms with E-state index in [0.29, 0.717) is 4.47 Å². The van der Waals surface area contributed by atoms with E-state index in [1.165, 1.54) is 17.6 Å². The van der Waals surface area contributed by atoms with Crippen molar-refractivity contribution >= 4 is 60.5 Å². The molecule has 0 aliphatic heterocycles. The van der Waals surface area contributed by atoms with Crippen molar-refractivity contribution in [3.05, 3.63) is 38.2 Å². The monoisotopic (exact) mass is 396 g/mol. The molecule has 2 rings (SSSR count). The van der Waals surface area contributed by atoms with E-state index in [0.717, 1.165) is 17.4 Å². The number of nitrogens with zero attached hydrogens (tertiary/aromatic N) is 1. The topological polar surface area (TPSA) is 96.4 Å². The highest BCUT2D eigenvalue weighted by molar-refractivity contribution is 9.10. The summed E-state index contributed by atoms with van der Waals surface area (Å²) in [6.45, 7) is 0. The zero-order chi connectivity index (χ0) is 14.9. The number of halogens is 2. The van der Waals surface area contributed by atoms with E-state index in [2.05, 4.69) is 25.6 Å². The molecule has 2 aromatic heterocycles. The van der Waals surface area contributed by atoms with Gasteiger partial charge in [-0.05, 0) is 28.1 Å². The Morgan fingerprint density at radius 3 is 2.75 bits per heavy atom. The number of nitrogens with one attached hydrogen (secondary N) is 1. The highest BCUT2D eigenvalue weighted by Crippen LogP contribution is 2.27. The predicted octanol–water partition coefficient (Wildman–Crippen LogP) is 3.06. The van der Waals surface area contributed by atoms with Crippen LogP contribution in [-0.4, -0.2) is 24.5 Å². The number of aromatic nitrogens is 1. The first-order valence-corrected chi connectivity index (χ1v) is 8.48. The van der Waals surface area contributed by atoms with Crippen LogP contribution in [0.5, 0.6) is 0 Å². The quantitative estimate of drug-likeness (QED) is 0.773. The van der Waals surface area contributed by atoms with Crippen molar-refractivity contribution < 1.29 is 18.3 Å². The highest BCUT2D eigenvalue weighted by Gasteiger charge is 2.20. The van der Waals surface area contributed by atoms with Gasteiger partial charge in [0.15, 0.2) is 5.15 Å². The van der Waals surface area contributed by atoms with Crippen molar-refractivity contribution in [3.63, 3.8) is 0 Å². The van der Waals surface area contributed by atoms with Crippen LogP contribution in [0.1, 0.15) is 9.67 Å². The molecular weight excluding hydrogens is 392 g/mol. The number of carboxylic acid groups (broad SMARTS) is 1. The first-order chi connectivity index (χ1) is 9.29. The minimum absolute atomic E-state index is 0.00883. The number of anilines is 1. The Bertz CT molecular complexity index is 775. The van der Waals surface area contributed by atoms with Crippen LogP contribution >= 0.6 is 38.9 Å². The Kier molecular flexibility index (Phi) is 4.33. The molecule has 0 fully saturated rings. The molecule has 0 bridgehead atoms. The predicted molar refractivity (Wildman–Crippen MR) is 79.0 cm³/mol. The third-order valence-corrected chi connectivity index (χ3v) is 5.29. The summed E-state index contributed by atoms with van der Waals surface area (Å²) in [5.74, 6) is -1.18. The second-order valence-corrected chi connectivity index (χ2v) is 7.42. The van der Waals surface area contributed by atoms with Gasteiger partial charge in [0.05, 0.1) is 10.6 Å². The van der Waals surface area contributed by atoms with Crippen LogP contribution < -0.4 is 4.72 Å². The van der Waals surface area contributed by atoms with Crippen LogP contribution in [-0.2, 0) is 10.0 Å². The Balaban J connectivity index is 2.35. The number of sulfonamides is 1. The first kappa shape index (κ1) is 15.2. The summed E-state index contributed by atoms with van der Waals surface area (Å²) in [5.41, 5.74) is 0.101. The third kappa shape index (κ3) is 3.29. The van der Waals surface area contributed by atoms with E-state index in [1.54, 1.807) is 0 Å². The van der Waals surface area contributed by atoms with E-state index >= 15 is 0 Å². The SMILES string of the molecule is O=C(O)c1cc(S(=O)(=O)Nc2cc(Br)cnc2Cl)cs1. The van der Waals surface area contributed by atoms with E-state index in [4.69, 9.17) is 16.7 Å². The molecule has 2 N–H and O–H groups in total. The van der Waals surface area contributed by atoms with E-state index in [9.17, 15) is 13.2 Å². The lowest BCUT2D eigenvalue weighted by molar-refractivity contribution is 0.0702. The molecule has 2 heterocycles. The second-order valence-electron chi connectivity index (χ2n) is 3.55. The maximum Gasteiger partial charge on any atom is 0.345 e. The van der Waals surface area contributed by atoms with Gasteiger partial charge < -0.3 is 5.11 Å². The molecule has 0 aliphatic rings. The molecular formula is C10H6BrClN2O4S2. The smallest absolute Gasteiger partial charge is 0.345 e. The Labute approximate surface area is 131 Å². The molecule has 0 spiro atoms. The minimum atomic E-state index is -3.91. The van der Waals surface area contributed by atoms with Crippen LogP contribution in [0.3, 0.4) is 0 Å². The molecule has 0 radical (unpaired) electrons. The number of thiophene rings is 1. The lowest BCUT2D eigenvalue weighted by Gasteiger charge is -2.07. The summed E-state index contributed by atoms with van der Waals surface area (Å²) in [6, 6.07) is 2.53. The van der Waals surface area contributed by atoms with Crippen molar-refractivity contribution in [1.29, 1.82) is 0 Å². The van der Waals surface area contributed by atoms with Gasteiger partial charge in [-0.3, -0.25) is 4.72 Å². The molecule has 2 aromatic rings. The van der Waals surface area contributed by atoms with Gasteiger partial charge in [0.2, 0.25) is 0 Å². The normalized spacial score (nSPS) is 11.3. The maximum absolute atomic E-state index is 12.1. The van der Waals surface area contributed by atoms with Gasteiger partial charge in [-0.1, -0.05) is 11.6 Å². The summed E-state index contributed by atoms with van der Waals surface area (Å²) in [5, 5.41) is 10.0. The number of hydrogen-bond donors (Lipinski definition) is 2. The van der Waals surface area contributed by atoms with Crippen molar-refractivity contribution in [2.75, 3.05) is 4.72 Å². The fraction of sp³-hybridized carbons (Fsp3) is 0. The molecule has 0 amide bonds. The van der Waals surface area contributed by atoms with E-state index < -0.39 is 16.0 Å².